The van der Waals surface area contributed by atoms with Crippen LogP contribution in [0.3, 0.4) is 0 Å². The Kier molecular flexibility index (Phi) is 7.20. The van der Waals surface area contributed by atoms with Gasteiger partial charge in [-0.3, -0.25) is 19.5 Å². The summed E-state index contributed by atoms with van der Waals surface area (Å²) in [5.74, 6) is 0.287. The Labute approximate surface area is 188 Å². The second-order valence-corrected chi connectivity index (χ2v) is 8.82. The molecule has 1 aromatic heterocycles. The predicted molar refractivity (Wildman–Crippen MR) is 121 cm³/mol. The average molecular weight is 441 g/mol. The third kappa shape index (κ3) is 5.63. The van der Waals surface area contributed by atoms with E-state index in [4.69, 9.17) is 11.6 Å². The highest BCUT2D eigenvalue weighted by Crippen LogP contribution is 2.23. The standard InChI is InChI=1S/C24H29ClN4O2/c25-22-4-2-20(3-5-22)23(30)29-14-8-21(9-15-29)24(31)28-13-1-12-27(16-17-28)18-19-6-10-26-11-7-19/h2-7,10-11,21H,1,8-9,12-18H2. The lowest BCUT2D eigenvalue weighted by atomic mass is 9.94. The molecule has 0 N–H and O–H groups in total. The first-order valence-electron chi connectivity index (χ1n) is 11.0. The van der Waals surface area contributed by atoms with Crippen LogP contribution in [0.4, 0.5) is 0 Å². The van der Waals surface area contributed by atoms with Crippen molar-refractivity contribution in [1.82, 2.24) is 19.7 Å². The van der Waals surface area contributed by atoms with Crippen molar-refractivity contribution in [2.45, 2.75) is 25.8 Å². The highest BCUT2D eigenvalue weighted by Gasteiger charge is 2.31. The molecule has 0 radical (unpaired) electrons. The average Bonchev–Trinajstić information content (AvgIpc) is 3.05. The number of rotatable bonds is 4. The zero-order valence-corrected chi connectivity index (χ0v) is 18.5. The molecule has 4 rings (SSSR count). The molecule has 0 atom stereocenters. The van der Waals surface area contributed by atoms with Crippen molar-refractivity contribution in [3.8, 4) is 0 Å². The Morgan fingerprint density at radius 2 is 1.58 bits per heavy atom. The fraction of sp³-hybridized carbons (Fsp3) is 0.458. The third-order valence-corrected chi connectivity index (χ3v) is 6.53. The van der Waals surface area contributed by atoms with Gasteiger partial charge >= 0.3 is 0 Å². The number of aromatic nitrogens is 1. The van der Waals surface area contributed by atoms with Gasteiger partial charge in [0, 0.05) is 74.7 Å². The van der Waals surface area contributed by atoms with Crippen LogP contribution in [0.5, 0.6) is 0 Å². The predicted octanol–water partition coefficient (Wildman–Crippen LogP) is 3.32. The van der Waals surface area contributed by atoms with Gasteiger partial charge in [0.25, 0.3) is 5.91 Å². The van der Waals surface area contributed by atoms with Crippen LogP contribution in [0.2, 0.25) is 5.02 Å². The highest BCUT2D eigenvalue weighted by atomic mass is 35.5. The molecule has 7 heteroatoms. The van der Waals surface area contributed by atoms with E-state index in [1.165, 1.54) is 5.56 Å². The summed E-state index contributed by atoms with van der Waals surface area (Å²) >= 11 is 5.92. The molecule has 1 aromatic carbocycles. The van der Waals surface area contributed by atoms with E-state index in [9.17, 15) is 9.59 Å². The third-order valence-electron chi connectivity index (χ3n) is 6.28. The van der Waals surface area contributed by atoms with Crippen LogP contribution in [0.25, 0.3) is 0 Å². The molecule has 0 saturated carbocycles. The molecular formula is C24H29ClN4O2. The van der Waals surface area contributed by atoms with Crippen LogP contribution < -0.4 is 0 Å². The van der Waals surface area contributed by atoms with Crippen LogP contribution in [0.1, 0.15) is 35.2 Å². The fourth-order valence-electron chi connectivity index (χ4n) is 4.46. The van der Waals surface area contributed by atoms with Gasteiger partial charge in [0.15, 0.2) is 0 Å². The van der Waals surface area contributed by atoms with Crippen LogP contribution >= 0.6 is 11.6 Å². The van der Waals surface area contributed by atoms with Gasteiger partial charge in [-0.25, -0.2) is 0 Å². The number of amides is 2. The van der Waals surface area contributed by atoms with Gasteiger partial charge in [0.2, 0.25) is 5.91 Å². The number of pyridine rings is 1. The lowest BCUT2D eigenvalue weighted by Gasteiger charge is -2.34. The lowest BCUT2D eigenvalue weighted by Crippen LogP contribution is -2.45. The van der Waals surface area contributed by atoms with Crippen molar-refractivity contribution in [3.63, 3.8) is 0 Å². The summed E-state index contributed by atoms with van der Waals surface area (Å²) in [5.41, 5.74) is 1.91. The minimum Gasteiger partial charge on any atom is -0.341 e. The Balaban J connectivity index is 1.26. The van der Waals surface area contributed by atoms with E-state index in [1.807, 2.05) is 34.3 Å². The molecule has 0 bridgehead atoms. The number of carbonyl (C=O) groups excluding carboxylic acids is 2. The van der Waals surface area contributed by atoms with Gasteiger partial charge in [-0.15, -0.1) is 0 Å². The van der Waals surface area contributed by atoms with Crippen molar-refractivity contribution < 1.29 is 9.59 Å². The number of nitrogens with zero attached hydrogens (tertiary/aromatic N) is 4. The van der Waals surface area contributed by atoms with Crippen molar-refractivity contribution in [2.24, 2.45) is 5.92 Å². The van der Waals surface area contributed by atoms with Gasteiger partial charge in [0.05, 0.1) is 0 Å². The smallest absolute Gasteiger partial charge is 0.253 e. The van der Waals surface area contributed by atoms with Crippen molar-refractivity contribution >= 4 is 23.4 Å². The first-order chi connectivity index (χ1) is 15.1. The first kappa shape index (κ1) is 21.8. The molecule has 0 unspecified atom stereocenters. The van der Waals surface area contributed by atoms with Crippen molar-refractivity contribution in [3.05, 3.63) is 64.9 Å². The largest absolute Gasteiger partial charge is 0.341 e. The molecule has 2 fully saturated rings. The zero-order valence-electron chi connectivity index (χ0n) is 17.8. The lowest BCUT2D eigenvalue weighted by molar-refractivity contribution is -0.136. The van der Waals surface area contributed by atoms with Gasteiger partial charge in [0.1, 0.15) is 0 Å². The molecule has 164 valence electrons. The Hall–Kier alpha value is -2.44. The van der Waals surface area contributed by atoms with Gasteiger partial charge in [-0.05, 0) is 61.2 Å². The molecule has 2 aromatic rings. The molecule has 31 heavy (non-hydrogen) atoms. The number of benzene rings is 1. The Morgan fingerprint density at radius 3 is 2.29 bits per heavy atom. The topological polar surface area (TPSA) is 56.8 Å². The van der Waals surface area contributed by atoms with E-state index >= 15 is 0 Å². The normalized spacial score (nSPS) is 18.6. The number of halogens is 1. The monoisotopic (exact) mass is 440 g/mol. The summed E-state index contributed by atoms with van der Waals surface area (Å²) in [6.07, 6.45) is 6.11. The Bertz CT molecular complexity index is 882. The minimum atomic E-state index is 0.0148. The molecule has 2 aliphatic rings. The summed E-state index contributed by atoms with van der Waals surface area (Å²) in [7, 11) is 0. The van der Waals surface area contributed by atoms with E-state index in [-0.39, 0.29) is 17.7 Å². The van der Waals surface area contributed by atoms with Gasteiger partial charge < -0.3 is 9.80 Å². The molecule has 2 aliphatic heterocycles. The maximum Gasteiger partial charge on any atom is 0.253 e. The molecule has 0 aliphatic carbocycles. The zero-order chi connectivity index (χ0) is 21.6. The number of hydrogen-bond acceptors (Lipinski definition) is 4. The maximum absolute atomic E-state index is 13.1. The SMILES string of the molecule is O=C(c1ccc(Cl)cc1)N1CCC(C(=O)N2CCCN(Cc3ccncc3)CC2)CC1. The van der Waals surface area contributed by atoms with Crippen molar-refractivity contribution in [1.29, 1.82) is 0 Å². The van der Waals surface area contributed by atoms with Crippen LogP contribution in [-0.4, -0.2) is 70.8 Å². The van der Waals surface area contributed by atoms with E-state index < -0.39 is 0 Å². The van der Waals surface area contributed by atoms with Gasteiger partial charge in [-0.2, -0.15) is 0 Å². The van der Waals surface area contributed by atoms with E-state index in [0.29, 0.717) is 23.7 Å². The highest BCUT2D eigenvalue weighted by molar-refractivity contribution is 6.30. The van der Waals surface area contributed by atoms with Crippen LogP contribution in [0.15, 0.2) is 48.8 Å². The molecule has 0 spiro atoms. The maximum atomic E-state index is 13.1. The molecule has 2 saturated heterocycles. The Morgan fingerprint density at radius 1 is 0.871 bits per heavy atom. The first-order valence-corrected chi connectivity index (χ1v) is 11.4. The summed E-state index contributed by atoms with van der Waals surface area (Å²) in [5, 5.41) is 0.623. The van der Waals surface area contributed by atoms with Crippen LogP contribution in [-0.2, 0) is 11.3 Å². The van der Waals surface area contributed by atoms with E-state index in [2.05, 4.69) is 9.88 Å². The van der Waals surface area contributed by atoms with Gasteiger partial charge in [-0.1, -0.05) is 11.6 Å². The number of likely N-dealkylation sites (tertiary alicyclic amines) is 1. The number of carbonyl (C=O) groups is 2. The van der Waals surface area contributed by atoms with Crippen LogP contribution in [0, 0.1) is 5.92 Å². The molecule has 2 amide bonds. The minimum absolute atomic E-state index is 0.0148. The molecule has 3 heterocycles. The summed E-state index contributed by atoms with van der Waals surface area (Å²) in [6, 6.07) is 11.1. The number of piperidine rings is 1. The van der Waals surface area contributed by atoms with E-state index in [1.54, 1.807) is 24.3 Å². The number of hydrogen-bond donors (Lipinski definition) is 0. The molecule has 6 nitrogen and oxygen atoms in total. The summed E-state index contributed by atoms with van der Waals surface area (Å²) < 4.78 is 0. The van der Waals surface area contributed by atoms with Crippen molar-refractivity contribution in [2.75, 3.05) is 39.3 Å². The second-order valence-electron chi connectivity index (χ2n) is 8.38. The fourth-order valence-corrected chi connectivity index (χ4v) is 4.58. The quantitative estimate of drug-likeness (QED) is 0.731. The second kappa shape index (κ2) is 10.2. The summed E-state index contributed by atoms with van der Waals surface area (Å²) in [6.45, 7) is 5.63. The molecular weight excluding hydrogens is 412 g/mol. The summed E-state index contributed by atoms with van der Waals surface area (Å²) in [4.78, 5) is 36.2. The van der Waals surface area contributed by atoms with E-state index in [0.717, 1.165) is 52.0 Å².